The van der Waals surface area contributed by atoms with E-state index >= 15 is 0 Å². The van der Waals surface area contributed by atoms with E-state index in [0.717, 1.165) is 28.6 Å². The molecule has 0 bridgehead atoms. The van der Waals surface area contributed by atoms with Crippen LogP contribution in [0.3, 0.4) is 0 Å². The molecule has 2 heterocycles. The average Bonchev–Trinajstić information content (AvgIpc) is 3.07. The zero-order valence-corrected chi connectivity index (χ0v) is 15.7. The van der Waals surface area contributed by atoms with E-state index in [0.29, 0.717) is 30.5 Å². The second kappa shape index (κ2) is 9.14. The molecule has 0 radical (unpaired) electrons. The number of rotatable bonds is 8. The summed E-state index contributed by atoms with van der Waals surface area (Å²) in [6.07, 6.45) is 5.84. The lowest BCUT2D eigenvalue weighted by atomic mass is 10.1. The number of carbonyl (C=O) groups excluding carboxylic acids is 1. The first-order chi connectivity index (χ1) is 13.2. The molecule has 3 aromatic rings. The highest BCUT2D eigenvalue weighted by atomic mass is 35.5. The minimum atomic E-state index is -0.186. The van der Waals surface area contributed by atoms with Gasteiger partial charge >= 0.3 is 6.03 Å². The van der Waals surface area contributed by atoms with Crippen molar-refractivity contribution in [3.63, 3.8) is 0 Å². The van der Waals surface area contributed by atoms with Crippen LogP contribution in [0.15, 0.2) is 42.9 Å². The number of aromatic amines is 1. The minimum Gasteiger partial charge on any atom is -0.490 e. The minimum absolute atomic E-state index is 0.186. The molecular weight excluding hydrogens is 368 g/mol. The third-order valence-corrected chi connectivity index (χ3v) is 4.15. The van der Waals surface area contributed by atoms with E-state index in [1.807, 2.05) is 24.4 Å². The van der Waals surface area contributed by atoms with Gasteiger partial charge in [-0.1, -0.05) is 11.6 Å². The summed E-state index contributed by atoms with van der Waals surface area (Å²) in [5.74, 6) is 1.37. The zero-order chi connectivity index (χ0) is 19.1. The summed E-state index contributed by atoms with van der Waals surface area (Å²) >= 11 is 5.87. The number of nitrogens with one attached hydrogen (secondary N) is 3. The maximum Gasteiger partial charge on any atom is 0.314 e. The van der Waals surface area contributed by atoms with Crippen LogP contribution < -0.4 is 20.1 Å². The highest BCUT2D eigenvalue weighted by molar-refractivity contribution is 6.30. The molecule has 3 N–H and O–H groups in total. The Morgan fingerprint density at radius 2 is 2.00 bits per heavy atom. The zero-order valence-electron chi connectivity index (χ0n) is 14.9. The van der Waals surface area contributed by atoms with Crippen molar-refractivity contribution in [3.8, 4) is 11.5 Å². The molecule has 0 saturated heterocycles. The van der Waals surface area contributed by atoms with E-state index in [1.54, 1.807) is 25.5 Å². The Kier molecular flexibility index (Phi) is 6.38. The molecule has 27 heavy (non-hydrogen) atoms. The Morgan fingerprint density at radius 1 is 1.19 bits per heavy atom. The van der Waals surface area contributed by atoms with Gasteiger partial charge in [-0.3, -0.25) is 4.98 Å². The largest absolute Gasteiger partial charge is 0.490 e. The number of nitrogens with zero attached hydrogens (tertiary/aromatic N) is 1. The van der Waals surface area contributed by atoms with Crippen LogP contribution in [0.4, 0.5) is 4.79 Å². The van der Waals surface area contributed by atoms with E-state index in [2.05, 4.69) is 20.6 Å². The fourth-order valence-electron chi connectivity index (χ4n) is 2.64. The lowest BCUT2D eigenvalue weighted by Gasteiger charge is -2.09. The molecule has 142 valence electrons. The number of halogens is 1. The van der Waals surface area contributed by atoms with Crippen LogP contribution in [0.1, 0.15) is 5.56 Å². The Hall–Kier alpha value is -2.93. The fourth-order valence-corrected chi connectivity index (χ4v) is 2.81. The van der Waals surface area contributed by atoms with Crippen LogP contribution in [0.5, 0.6) is 11.5 Å². The molecule has 2 aromatic heterocycles. The number of pyridine rings is 1. The molecule has 0 spiro atoms. The number of hydrogen-bond acceptors (Lipinski definition) is 4. The van der Waals surface area contributed by atoms with Crippen molar-refractivity contribution >= 4 is 28.5 Å². The van der Waals surface area contributed by atoms with Crippen LogP contribution in [-0.2, 0) is 6.42 Å². The van der Waals surface area contributed by atoms with Gasteiger partial charge in [0.2, 0.25) is 0 Å². The monoisotopic (exact) mass is 388 g/mol. The molecule has 0 aliphatic carbocycles. The van der Waals surface area contributed by atoms with Gasteiger partial charge in [0.25, 0.3) is 0 Å². The van der Waals surface area contributed by atoms with Gasteiger partial charge in [-0.2, -0.15) is 0 Å². The van der Waals surface area contributed by atoms with Crippen LogP contribution in [0, 0.1) is 0 Å². The average molecular weight is 389 g/mol. The van der Waals surface area contributed by atoms with Crippen molar-refractivity contribution in [2.24, 2.45) is 0 Å². The van der Waals surface area contributed by atoms with E-state index in [-0.39, 0.29) is 6.03 Å². The van der Waals surface area contributed by atoms with E-state index in [9.17, 15) is 4.79 Å². The van der Waals surface area contributed by atoms with Crippen LogP contribution >= 0.6 is 11.6 Å². The van der Waals surface area contributed by atoms with Gasteiger partial charge in [-0.25, -0.2) is 4.79 Å². The number of benzene rings is 1. The topological polar surface area (TPSA) is 88.3 Å². The Balaban J connectivity index is 1.54. The highest BCUT2D eigenvalue weighted by Gasteiger charge is 2.06. The first-order valence-electron chi connectivity index (χ1n) is 8.57. The molecule has 1 aromatic carbocycles. The van der Waals surface area contributed by atoms with Crippen LogP contribution in [0.2, 0.25) is 5.02 Å². The van der Waals surface area contributed by atoms with Gasteiger partial charge in [0, 0.05) is 43.0 Å². The number of fused-ring (bicyclic) bond motifs is 1. The molecule has 0 aliphatic rings. The maximum atomic E-state index is 11.3. The molecular formula is C19H21ClN4O3. The first kappa shape index (κ1) is 18.8. The molecule has 0 aliphatic heterocycles. The van der Waals surface area contributed by atoms with Crippen molar-refractivity contribution in [1.82, 2.24) is 20.6 Å². The molecule has 0 saturated carbocycles. The van der Waals surface area contributed by atoms with Crippen molar-refractivity contribution in [2.45, 2.75) is 6.42 Å². The SMILES string of the molecule is CNC(=O)NCCc1c[nH]c2ccc(OCCOc3cncc(Cl)c3)cc12. The van der Waals surface area contributed by atoms with Gasteiger partial charge in [-0.05, 0) is 30.2 Å². The molecule has 0 atom stereocenters. The van der Waals surface area contributed by atoms with Crippen LogP contribution in [-0.4, -0.2) is 42.8 Å². The number of carbonyl (C=O) groups is 1. The lowest BCUT2D eigenvalue weighted by Crippen LogP contribution is -2.33. The summed E-state index contributed by atoms with van der Waals surface area (Å²) in [7, 11) is 1.59. The van der Waals surface area contributed by atoms with Gasteiger partial charge < -0.3 is 25.1 Å². The van der Waals surface area contributed by atoms with Crippen molar-refractivity contribution in [2.75, 3.05) is 26.8 Å². The number of hydrogen-bond donors (Lipinski definition) is 3. The smallest absolute Gasteiger partial charge is 0.314 e. The van der Waals surface area contributed by atoms with E-state index < -0.39 is 0 Å². The third kappa shape index (κ3) is 5.27. The highest BCUT2D eigenvalue weighted by Crippen LogP contribution is 2.24. The predicted octanol–water partition coefficient (Wildman–Crippen LogP) is 3.15. The van der Waals surface area contributed by atoms with E-state index in [1.165, 1.54) is 0 Å². The lowest BCUT2D eigenvalue weighted by molar-refractivity contribution is 0.217. The molecule has 0 unspecified atom stereocenters. The maximum absolute atomic E-state index is 11.3. The fraction of sp³-hybridized carbons (Fsp3) is 0.263. The molecule has 3 rings (SSSR count). The van der Waals surface area contributed by atoms with Crippen molar-refractivity contribution in [3.05, 3.63) is 53.4 Å². The van der Waals surface area contributed by atoms with Gasteiger partial charge in [0.05, 0.1) is 11.2 Å². The normalized spacial score (nSPS) is 10.6. The Labute approximate surface area is 162 Å². The second-order valence-corrected chi connectivity index (χ2v) is 6.25. The Morgan fingerprint density at radius 3 is 2.78 bits per heavy atom. The van der Waals surface area contributed by atoms with Crippen molar-refractivity contribution in [1.29, 1.82) is 0 Å². The standard InChI is InChI=1S/C19H21ClN4O3/c1-21-19(25)23-5-4-13-10-24-18-3-2-15(9-17(13)18)26-6-7-27-16-8-14(20)11-22-12-16/h2-3,8-12,24H,4-7H2,1H3,(H2,21,23,25). The predicted molar refractivity (Wildman–Crippen MR) is 105 cm³/mol. The first-order valence-corrected chi connectivity index (χ1v) is 8.95. The summed E-state index contributed by atoms with van der Waals surface area (Å²) in [6.45, 7) is 1.34. The summed E-state index contributed by atoms with van der Waals surface area (Å²) in [6, 6.07) is 7.39. The number of aromatic nitrogens is 2. The summed E-state index contributed by atoms with van der Waals surface area (Å²) < 4.78 is 11.3. The van der Waals surface area contributed by atoms with Gasteiger partial charge in [0.15, 0.2) is 0 Å². The summed E-state index contributed by atoms with van der Waals surface area (Å²) in [4.78, 5) is 18.5. The second-order valence-electron chi connectivity index (χ2n) is 5.81. The van der Waals surface area contributed by atoms with Gasteiger partial charge in [-0.15, -0.1) is 0 Å². The number of H-pyrrole nitrogens is 1. The third-order valence-electron chi connectivity index (χ3n) is 3.95. The van der Waals surface area contributed by atoms with Crippen molar-refractivity contribution < 1.29 is 14.3 Å². The molecule has 7 nitrogen and oxygen atoms in total. The number of amides is 2. The van der Waals surface area contributed by atoms with Gasteiger partial charge in [0.1, 0.15) is 24.7 Å². The molecule has 0 fully saturated rings. The van der Waals surface area contributed by atoms with Crippen LogP contribution in [0.25, 0.3) is 10.9 Å². The quantitative estimate of drug-likeness (QED) is 0.517. The summed E-state index contributed by atoms with van der Waals surface area (Å²) in [5.41, 5.74) is 2.15. The molecule has 2 amide bonds. The summed E-state index contributed by atoms with van der Waals surface area (Å²) in [5, 5.41) is 6.93. The molecule has 8 heteroatoms. The van der Waals surface area contributed by atoms with E-state index in [4.69, 9.17) is 21.1 Å². The number of urea groups is 1. The number of ether oxygens (including phenoxy) is 2. The Bertz CT molecular complexity index is 913.